The molecular formula is C63H95N3O21. The smallest absolute Gasteiger partial charge is 0.308 e. The second-order valence-electron chi connectivity index (χ2n) is 23.9. The molecule has 1 aromatic carbocycles. The van der Waals surface area contributed by atoms with Crippen LogP contribution in [-0.2, 0) is 33.3 Å². The van der Waals surface area contributed by atoms with Crippen molar-refractivity contribution in [1.82, 2.24) is 10.2 Å². The Kier molecular flexibility index (Phi) is 27.9. The van der Waals surface area contributed by atoms with Gasteiger partial charge in [-0.05, 0) is 45.2 Å². The summed E-state index contributed by atoms with van der Waals surface area (Å²) in [6.07, 6.45) is -2.91. The minimum absolute atomic E-state index is 0.130. The second kappa shape index (κ2) is 34.0. The fourth-order valence-corrected chi connectivity index (χ4v) is 11.5. The van der Waals surface area contributed by atoms with E-state index >= 15 is 0 Å². The van der Waals surface area contributed by atoms with Gasteiger partial charge in [0.15, 0.2) is 12.1 Å². The Morgan fingerprint density at radius 2 is 1.24 bits per heavy atom. The van der Waals surface area contributed by atoms with E-state index in [2.05, 4.69) is 10.2 Å². The second-order valence-corrected chi connectivity index (χ2v) is 23.9. The molecule has 0 aliphatic carbocycles. The van der Waals surface area contributed by atoms with Gasteiger partial charge < -0.3 is 110 Å². The van der Waals surface area contributed by atoms with Gasteiger partial charge in [-0.2, -0.15) is 0 Å². The monoisotopic (exact) mass is 1230 g/mol. The molecule has 0 radical (unpaired) electrons. The highest BCUT2D eigenvalue weighted by Gasteiger charge is 2.53. The van der Waals surface area contributed by atoms with E-state index in [0.717, 1.165) is 5.69 Å². The first-order valence-electron chi connectivity index (χ1n) is 30.2. The first-order chi connectivity index (χ1) is 41.3. The molecule has 5 heterocycles. The first-order valence-corrected chi connectivity index (χ1v) is 30.2. The van der Waals surface area contributed by atoms with Gasteiger partial charge >= 0.3 is 5.97 Å². The molecule has 1 aromatic rings. The van der Waals surface area contributed by atoms with Gasteiger partial charge in [0, 0.05) is 69.4 Å². The molecule has 1 amide bonds. The third-order valence-electron chi connectivity index (χ3n) is 17.0. The number of aliphatic hydroxyl groups is 14. The van der Waals surface area contributed by atoms with E-state index in [4.69, 9.17) is 23.7 Å². The SMILES string of the molecule is CC1[C@H](C)OC(=O)C[C@H](O)C[C@H](O)CC[C@@H](O)[C@H](O)C[C@H](O)C[C@]2(O)C[C@H](O)C(C(=O)N3CCN(c4ccccc4)CC3)C(C[C@@H](O[C@@H]3O[C@H](C)[C@@H](O)[C@H](NC[C@@]4(O)OC[C@@H](O)[C@@H](O)[C@@H]4O)[C@@H]3O)C=CC=CC=CC=CC=CC=CC=C[C@H](C)[C@H]1O)O2. The molecule has 24 heteroatoms. The molecule has 0 saturated carbocycles. The van der Waals surface area contributed by atoms with Crippen LogP contribution in [0, 0.1) is 17.8 Å². The van der Waals surface area contributed by atoms with Crippen molar-refractivity contribution in [3.8, 4) is 0 Å². The third-order valence-corrected chi connectivity index (χ3v) is 17.0. The van der Waals surface area contributed by atoms with E-state index in [9.17, 15) is 81.1 Å². The molecule has 4 saturated heterocycles. The van der Waals surface area contributed by atoms with Crippen LogP contribution in [0.2, 0.25) is 0 Å². The Labute approximate surface area is 508 Å². The number of hydrogen-bond acceptors (Lipinski definition) is 23. The van der Waals surface area contributed by atoms with Crippen LogP contribution in [0.25, 0.3) is 0 Å². The summed E-state index contributed by atoms with van der Waals surface area (Å²) in [5.41, 5.74) is 0.958. The first kappa shape index (κ1) is 71.5. The van der Waals surface area contributed by atoms with Crippen molar-refractivity contribution >= 4 is 17.6 Å². The molecule has 2 bridgehead atoms. The Balaban J connectivity index is 1.28. The molecule has 15 N–H and O–H groups in total. The largest absolute Gasteiger partial charge is 0.462 e. The summed E-state index contributed by atoms with van der Waals surface area (Å²) in [6, 6.07) is 8.28. The number of ether oxygens (including phenoxy) is 5. The van der Waals surface area contributed by atoms with E-state index in [-0.39, 0.29) is 44.7 Å². The minimum Gasteiger partial charge on any atom is -0.462 e. The maximum Gasteiger partial charge on any atom is 0.308 e. The Morgan fingerprint density at radius 3 is 1.87 bits per heavy atom. The number of anilines is 1. The van der Waals surface area contributed by atoms with Crippen LogP contribution < -0.4 is 10.2 Å². The summed E-state index contributed by atoms with van der Waals surface area (Å²) in [5.74, 6) is -8.22. The summed E-state index contributed by atoms with van der Waals surface area (Å²) in [6.45, 7) is 6.92. The number of cyclic esters (lactones) is 1. The Morgan fingerprint density at radius 1 is 0.632 bits per heavy atom. The lowest BCUT2D eigenvalue weighted by Crippen LogP contribution is -2.69. The van der Waals surface area contributed by atoms with Crippen molar-refractivity contribution < 1.29 is 105 Å². The summed E-state index contributed by atoms with van der Waals surface area (Å²) in [7, 11) is 0. The molecule has 5 aliphatic heterocycles. The van der Waals surface area contributed by atoms with Crippen molar-refractivity contribution in [1.29, 1.82) is 0 Å². The highest BCUT2D eigenvalue weighted by Crippen LogP contribution is 2.39. The molecule has 488 valence electrons. The number of carbonyl (C=O) groups excluding carboxylic acids is 2. The quantitative estimate of drug-likeness (QED) is 0.152. The van der Waals surface area contributed by atoms with Crippen LogP contribution in [0.15, 0.2) is 115 Å². The van der Waals surface area contributed by atoms with Crippen LogP contribution in [0.3, 0.4) is 0 Å². The molecule has 24 nitrogen and oxygen atoms in total. The number of allylic oxidation sites excluding steroid dienone is 12. The van der Waals surface area contributed by atoms with Gasteiger partial charge in [-0.25, -0.2) is 0 Å². The normalized spacial score (nSPS) is 40.9. The lowest BCUT2D eigenvalue weighted by molar-refractivity contribution is -0.323. The maximum absolute atomic E-state index is 14.8. The standard InChI is InChI=1S/C63H95N3O21/c1-38-20-16-13-11-9-7-5-6-8-10-12-14-19-23-46(86-61-58(78)54(56(76)41(4)85-61)64-37-63(82)59(79)57(77)50(73)36-83-63)33-51-53(60(80)66-28-26-65(27-29-66)42-21-17-15-18-22-42)49(72)35-62(81,87-51)34-45(69)31-48(71)47(70)25-24-43(67)30-44(68)32-52(74)84-40(3)39(2)55(38)75/h5-23,38-41,43-51,53-59,61,64,67-73,75-79,81-82H,24-37H2,1-4H3/t38-,39?,40-,41+,43+,44+,45-,46-,47+,48+,49-,50+,51?,53?,54-,55+,56+,57+,58-,59-,61-,62+,63+/m0/s1. The number of para-hydroxylation sites is 1. The number of esters is 1. The summed E-state index contributed by atoms with van der Waals surface area (Å²) < 4.78 is 29.8. The number of aliphatic hydroxyl groups excluding tert-OH is 12. The van der Waals surface area contributed by atoms with Crippen molar-refractivity contribution in [3.63, 3.8) is 0 Å². The molecule has 4 fully saturated rings. The van der Waals surface area contributed by atoms with Crippen LogP contribution in [0.1, 0.15) is 79.1 Å². The predicted molar refractivity (Wildman–Crippen MR) is 317 cm³/mol. The van der Waals surface area contributed by atoms with Crippen molar-refractivity contribution in [2.24, 2.45) is 17.8 Å². The molecule has 5 aliphatic rings. The van der Waals surface area contributed by atoms with Crippen molar-refractivity contribution in [3.05, 3.63) is 115 Å². The average Bonchev–Trinajstić information content (AvgIpc) is 1.15. The highest BCUT2D eigenvalue weighted by atomic mass is 16.7. The van der Waals surface area contributed by atoms with Gasteiger partial charge in [0.2, 0.25) is 11.7 Å². The van der Waals surface area contributed by atoms with Crippen LogP contribution >= 0.6 is 0 Å². The lowest BCUT2D eigenvalue weighted by Gasteiger charge is -2.48. The molecule has 3 unspecified atom stereocenters. The predicted octanol–water partition coefficient (Wildman–Crippen LogP) is -0.592. The minimum atomic E-state index is -2.47. The van der Waals surface area contributed by atoms with Crippen LogP contribution in [-0.4, -0.2) is 249 Å². The van der Waals surface area contributed by atoms with Crippen LogP contribution in [0.5, 0.6) is 0 Å². The lowest BCUT2D eigenvalue weighted by atomic mass is 9.81. The Bertz CT molecular complexity index is 2480. The molecule has 0 aromatic heterocycles. The van der Waals surface area contributed by atoms with Gasteiger partial charge in [0.1, 0.15) is 30.5 Å². The van der Waals surface area contributed by atoms with E-state index in [1.807, 2.05) is 43.3 Å². The zero-order valence-electron chi connectivity index (χ0n) is 50.0. The number of rotatable bonds is 7. The van der Waals surface area contributed by atoms with Gasteiger partial charge in [0.25, 0.3) is 0 Å². The van der Waals surface area contributed by atoms with E-state index < -0.39 is 184 Å². The molecular weight excluding hydrogens is 1130 g/mol. The number of carbonyl (C=O) groups is 2. The number of nitrogens with zero attached hydrogens (tertiary/aromatic N) is 2. The Hall–Kier alpha value is -4.62. The van der Waals surface area contributed by atoms with Crippen LogP contribution in [0.4, 0.5) is 5.69 Å². The third kappa shape index (κ3) is 21.0. The zero-order valence-corrected chi connectivity index (χ0v) is 50.0. The number of amides is 1. The number of nitrogens with one attached hydrogen (secondary N) is 1. The topological polar surface area (TPSA) is 382 Å². The van der Waals surface area contributed by atoms with E-state index in [1.54, 1.807) is 97.7 Å². The number of piperazine rings is 1. The molecule has 6 rings (SSSR count). The summed E-state index contributed by atoms with van der Waals surface area (Å²) >= 11 is 0. The number of benzene rings is 1. The average molecular weight is 1230 g/mol. The highest BCUT2D eigenvalue weighted by molar-refractivity contribution is 5.80. The van der Waals surface area contributed by atoms with E-state index in [1.165, 1.54) is 6.92 Å². The summed E-state index contributed by atoms with van der Waals surface area (Å²) in [4.78, 5) is 31.3. The molecule has 0 spiro atoms. The van der Waals surface area contributed by atoms with E-state index in [0.29, 0.717) is 13.1 Å². The van der Waals surface area contributed by atoms with Crippen molar-refractivity contribution in [2.75, 3.05) is 44.2 Å². The zero-order chi connectivity index (χ0) is 63.6. The van der Waals surface area contributed by atoms with Gasteiger partial charge in [-0.3, -0.25) is 9.59 Å². The number of hydrogen-bond donors (Lipinski definition) is 15. The van der Waals surface area contributed by atoms with Gasteiger partial charge in [0.05, 0.1) is 98.7 Å². The summed E-state index contributed by atoms with van der Waals surface area (Å²) in [5, 5.41) is 158. The fraction of sp³-hybridized carbons (Fsp3) is 0.651. The molecule has 87 heavy (non-hydrogen) atoms. The number of fused-ring (bicyclic) bond motifs is 2. The van der Waals surface area contributed by atoms with Gasteiger partial charge in [-0.1, -0.05) is 117 Å². The maximum atomic E-state index is 14.8. The van der Waals surface area contributed by atoms with Gasteiger partial charge in [-0.15, -0.1) is 0 Å². The fourth-order valence-electron chi connectivity index (χ4n) is 11.5. The molecule has 23 atom stereocenters. The van der Waals surface area contributed by atoms with Crippen molar-refractivity contribution in [2.45, 2.75) is 201 Å².